The molecule has 0 spiro atoms. The lowest BCUT2D eigenvalue weighted by Crippen LogP contribution is -2.56. The van der Waals surface area contributed by atoms with Gasteiger partial charge in [-0.2, -0.15) is 0 Å². The number of ether oxygens (including phenoxy) is 1. The fourth-order valence-electron chi connectivity index (χ4n) is 3.76. The van der Waals surface area contributed by atoms with Crippen LogP contribution in [0.15, 0.2) is 60.7 Å². The van der Waals surface area contributed by atoms with Gasteiger partial charge >= 0.3 is 12.1 Å². The smallest absolute Gasteiger partial charge is 0.408 e. The number of benzene rings is 2. The Balaban J connectivity index is 2.14. The van der Waals surface area contributed by atoms with Crippen LogP contribution in [0.2, 0.25) is 0 Å². The van der Waals surface area contributed by atoms with Gasteiger partial charge in [0, 0.05) is 6.42 Å². The lowest BCUT2D eigenvalue weighted by Gasteiger charge is -2.25. The van der Waals surface area contributed by atoms with E-state index in [9.17, 15) is 24.3 Å². The molecule has 2 rings (SSSR count). The highest BCUT2D eigenvalue weighted by Crippen LogP contribution is 2.10. The van der Waals surface area contributed by atoms with Gasteiger partial charge in [-0.25, -0.2) is 9.59 Å². The summed E-state index contributed by atoms with van der Waals surface area (Å²) in [5, 5.41) is 17.3. The molecule has 9 nitrogen and oxygen atoms in total. The van der Waals surface area contributed by atoms with Crippen LogP contribution in [0.25, 0.3) is 0 Å². The number of hydrogen-bond donors (Lipinski definition) is 4. The molecular weight excluding hydrogens is 474 g/mol. The number of aliphatic carboxylic acids is 1. The highest BCUT2D eigenvalue weighted by molar-refractivity contribution is 5.93. The van der Waals surface area contributed by atoms with Crippen LogP contribution >= 0.6 is 0 Å². The average Bonchev–Trinajstić information content (AvgIpc) is 2.87. The van der Waals surface area contributed by atoms with E-state index >= 15 is 0 Å². The van der Waals surface area contributed by atoms with E-state index in [1.165, 1.54) is 0 Å². The van der Waals surface area contributed by atoms with Crippen LogP contribution < -0.4 is 16.0 Å². The zero-order chi connectivity index (χ0) is 27.2. The quantitative estimate of drug-likeness (QED) is 0.307. The molecule has 2 aromatic rings. The van der Waals surface area contributed by atoms with Crippen molar-refractivity contribution in [2.45, 2.75) is 71.2 Å². The monoisotopic (exact) mass is 511 g/mol. The number of carboxylic acids is 1. The standard InChI is InChI=1S/C28H37N3O6/c1-4-11-22(27(34)35)29-25(32)23(16-19(2)3)30-26(33)24(17-20-12-7-5-8-13-20)31-28(36)37-18-21-14-9-6-10-15-21/h5-10,12-15,19,22-24H,4,11,16-18H2,1-3H3,(H,29,32)(H,30,33)(H,31,36)(H,34,35)/t22-,23-,24-/m0/s1. The minimum atomic E-state index is -1.13. The van der Waals surface area contributed by atoms with Gasteiger partial charge in [-0.05, 0) is 29.9 Å². The van der Waals surface area contributed by atoms with E-state index in [-0.39, 0.29) is 25.4 Å². The Kier molecular flexibility index (Phi) is 12.1. The summed E-state index contributed by atoms with van der Waals surface area (Å²) in [6.07, 6.45) is 0.559. The topological polar surface area (TPSA) is 134 Å². The zero-order valence-electron chi connectivity index (χ0n) is 21.6. The molecule has 0 saturated heterocycles. The third kappa shape index (κ3) is 10.7. The second kappa shape index (κ2) is 15.3. The van der Waals surface area contributed by atoms with Crippen LogP contribution in [0.4, 0.5) is 4.79 Å². The predicted molar refractivity (Wildman–Crippen MR) is 140 cm³/mol. The van der Waals surface area contributed by atoms with Gasteiger partial charge < -0.3 is 25.8 Å². The molecule has 4 N–H and O–H groups in total. The van der Waals surface area contributed by atoms with Crippen molar-refractivity contribution in [3.63, 3.8) is 0 Å². The molecule has 0 aliphatic rings. The zero-order valence-corrected chi connectivity index (χ0v) is 21.6. The highest BCUT2D eigenvalue weighted by atomic mass is 16.5. The lowest BCUT2D eigenvalue weighted by atomic mass is 10.0. The van der Waals surface area contributed by atoms with E-state index in [0.717, 1.165) is 11.1 Å². The fraction of sp³-hybridized carbons (Fsp3) is 0.429. The molecule has 0 unspecified atom stereocenters. The molecule has 0 aliphatic carbocycles. The molecule has 200 valence electrons. The number of carbonyl (C=O) groups is 4. The summed E-state index contributed by atoms with van der Waals surface area (Å²) >= 11 is 0. The third-order valence-corrected chi connectivity index (χ3v) is 5.64. The summed E-state index contributed by atoms with van der Waals surface area (Å²) in [6, 6.07) is 15.3. The van der Waals surface area contributed by atoms with Gasteiger partial charge in [0.15, 0.2) is 0 Å². The van der Waals surface area contributed by atoms with Crippen molar-refractivity contribution >= 4 is 23.9 Å². The summed E-state index contributed by atoms with van der Waals surface area (Å²) in [4.78, 5) is 50.4. The van der Waals surface area contributed by atoms with Crippen LogP contribution in [0.3, 0.4) is 0 Å². The molecule has 2 aromatic carbocycles. The third-order valence-electron chi connectivity index (χ3n) is 5.64. The van der Waals surface area contributed by atoms with Crippen molar-refractivity contribution in [2.75, 3.05) is 0 Å². The number of carbonyl (C=O) groups excluding carboxylic acids is 3. The molecule has 9 heteroatoms. The van der Waals surface area contributed by atoms with Crippen LogP contribution in [-0.4, -0.2) is 47.1 Å². The van der Waals surface area contributed by atoms with Crippen LogP contribution in [0, 0.1) is 5.92 Å². The Morgan fingerprint density at radius 2 is 1.32 bits per heavy atom. The van der Waals surface area contributed by atoms with E-state index in [2.05, 4.69) is 16.0 Å². The van der Waals surface area contributed by atoms with E-state index in [4.69, 9.17) is 4.74 Å². The summed E-state index contributed by atoms with van der Waals surface area (Å²) in [5.74, 6) is -2.23. The summed E-state index contributed by atoms with van der Waals surface area (Å²) in [7, 11) is 0. The van der Waals surface area contributed by atoms with Gasteiger partial charge in [-0.3, -0.25) is 9.59 Å². The summed E-state index contributed by atoms with van der Waals surface area (Å²) in [6.45, 7) is 5.66. The molecule has 3 atom stereocenters. The van der Waals surface area contributed by atoms with E-state index in [0.29, 0.717) is 12.8 Å². The molecule has 0 heterocycles. The summed E-state index contributed by atoms with van der Waals surface area (Å²) in [5.41, 5.74) is 1.61. The molecule has 37 heavy (non-hydrogen) atoms. The second-order valence-corrected chi connectivity index (χ2v) is 9.33. The van der Waals surface area contributed by atoms with Gasteiger partial charge in [0.25, 0.3) is 0 Å². The fourth-order valence-corrected chi connectivity index (χ4v) is 3.76. The number of nitrogens with one attached hydrogen (secondary N) is 3. The number of rotatable bonds is 14. The molecule has 0 bridgehead atoms. The van der Waals surface area contributed by atoms with Gasteiger partial charge in [0.2, 0.25) is 11.8 Å². The second-order valence-electron chi connectivity index (χ2n) is 9.33. The number of carboxylic acid groups (broad SMARTS) is 1. The van der Waals surface area contributed by atoms with Crippen LogP contribution in [0.1, 0.15) is 51.2 Å². The average molecular weight is 512 g/mol. The van der Waals surface area contributed by atoms with Gasteiger partial charge in [-0.1, -0.05) is 87.9 Å². The Hall–Kier alpha value is -3.88. The van der Waals surface area contributed by atoms with Crippen molar-refractivity contribution in [2.24, 2.45) is 5.92 Å². The number of hydrogen-bond acceptors (Lipinski definition) is 5. The van der Waals surface area contributed by atoms with Crippen molar-refractivity contribution < 1.29 is 29.0 Å². The lowest BCUT2D eigenvalue weighted by molar-refractivity contribution is -0.142. The maximum atomic E-state index is 13.3. The van der Waals surface area contributed by atoms with Crippen molar-refractivity contribution in [1.82, 2.24) is 16.0 Å². The predicted octanol–water partition coefficient (Wildman–Crippen LogP) is 3.42. The number of amides is 3. The van der Waals surface area contributed by atoms with Crippen molar-refractivity contribution in [1.29, 1.82) is 0 Å². The minimum absolute atomic E-state index is 0.0404. The van der Waals surface area contributed by atoms with Crippen molar-refractivity contribution in [3.05, 3.63) is 71.8 Å². The van der Waals surface area contributed by atoms with Gasteiger partial charge in [0.1, 0.15) is 24.7 Å². The Morgan fingerprint density at radius 3 is 1.86 bits per heavy atom. The van der Waals surface area contributed by atoms with E-state index in [1.54, 1.807) is 0 Å². The first-order chi connectivity index (χ1) is 17.7. The molecule has 0 fully saturated rings. The molecule has 0 aromatic heterocycles. The Morgan fingerprint density at radius 1 is 0.784 bits per heavy atom. The highest BCUT2D eigenvalue weighted by Gasteiger charge is 2.30. The normalized spacial score (nSPS) is 13.2. The SMILES string of the molecule is CCC[C@H](NC(=O)[C@H](CC(C)C)NC(=O)[C@H](Cc1ccccc1)NC(=O)OCc1ccccc1)C(=O)O. The van der Waals surface area contributed by atoms with E-state index < -0.39 is 42.0 Å². The molecule has 0 aliphatic heterocycles. The van der Waals surface area contributed by atoms with Gasteiger partial charge in [-0.15, -0.1) is 0 Å². The molecular formula is C28H37N3O6. The largest absolute Gasteiger partial charge is 0.480 e. The molecule has 0 saturated carbocycles. The first-order valence-electron chi connectivity index (χ1n) is 12.5. The summed E-state index contributed by atoms with van der Waals surface area (Å²) < 4.78 is 5.29. The van der Waals surface area contributed by atoms with Gasteiger partial charge in [0.05, 0.1) is 0 Å². The van der Waals surface area contributed by atoms with E-state index in [1.807, 2.05) is 81.4 Å². The maximum Gasteiger partial charge on any atom is 0.408 e. The first-order valence-corrected chi connectivity index (χ1v) is 12.5. The molecule has 0 radical (unpaired) electrons. The first kappa shape index (κ1) is 29.4. The minimum Gasteiger partial charge on any atom is -0.480 e. The van der Waals surface area contributed by atoms with Crippen LogP contribution in [-0.2, 0) is 32.1 Å². The number of alkyl carbamates (subject to hydrolysis) is 1. The molecule has 3 amide bonds. The maximum absolute atomic E-state index is 13.3. The Bertz CT molecular complexity index is 1010. The van der Waals surface area contributed by atoms with Crippen molar-refractivity contribution in [3.8, 4) is 0 Å². The Labute approximate surface area is 218 Å². The van der Waals surface area contributed by atoms with Crippen LogP contribution in [0.5, 0.6) is 0 Å².